The first kappa shape index (κ1) is 17.0. The van der Waals surface area contributed by atoms with Crippen molar-refractivity contribution in [1.82, 2.24) is 5.32 Å². The second-order valence-corrected chi connectivity index (χ2v) is 6.87. The van der Waals surface area contributed by atoms with Crippen LogP contribution in [0.2, 0.25) is 0 Å². The molecule has 0 aliphatic heterocycles. The molecule has 1 atom stereocenters. The molecule has 2 aromatic rings. The molecule has 0 radical (unpaired) electrons. The van der Waals surface area contributed by atoms with Crippen LogP contribution in [-0.4, -0.2) is 11.7 Å². The standard InChI is InChI=1S/C21H27NO2/c1-15-6-9-20(21(10-15)24-14-17-7-8-17)12-22-16(2)19-5-3-4-18(11-19)13-23/h3-6,9-11,16-17,22-23H,7-8,12-14H2,1-2H3. The third kappa shape index (κ3) is 4.59. The lowest BCUT2D eigenvalue weighted by molar-refractivity contribution is 0.281. The predicted octanol–water partition coefficient (Wildman–Crippen LogP) is 4.13. The Morgan fingerprint density at radius 3 is 2.79 bits per heavy atom. The van der Waals surface area contributed by atoms with Crippen molar-refractivity contribution in [2.24, 2.45) is 5.92 Å². The zero-order valence-corrected chi connectivity index (χ0v) is 14.6. The highest BCUT2D eigenvalue weighted by molar-refractivity contribution is 5.37. The van der Waals surface area contributed by atoms with Gasteiger partial charge < -0.3 is 15.2 Å². The third-order valence-corrected chi connectivity index (χ3v) is 4.63. The zero-order valence-electron chi connectivity index (χ0n) is 14.6. The van der Waals surface area contributed by atoms with E-state index in [1.807, 2.05) is 12.1 Å². The molecule has 2 aromatic carbocycles. The van der Waals surface area contributed by atoms with Gasteiger partial charge in [0.15, 0.2) is 0 Å². The molecule has 128 valence electrons. The van der Waals surface area contributed by atoms with E-state index in [9.17, 15) is 5.11 Å². The molecule has 0 aromatic heterocycles. The molecular formula is C21H27NO2. The van der Waals surface area contributed by atoms with Gasteiger partial charge in [-0.05, 0) is 55.4 Å². The van der Waals surface area contributed by atoms with Gasteiger partial charge in [0.25, 0.3) is 0 Å². The molecule has 0 heterocycles. The van der Waals surface area contributed by atoms with Crippen LogP contribution in [0.1, 0.15) is 48.1 Å². The fraction of sp³-hybridized carbons (Fsp3) is 0.429. The quantitative estimate of drug-likeness (QED) is 0.767. The zero-order chi connectivity index (χ0) is 16.9. The lowest BCUT2D eigenvalue weighted by atomic mass is 10.0. The Hall–Kier alpha value is -1.84. The molecule has 1 saturated carbocycles. The summed E-state index contributed by atoms with van der Waals surface area (Å²) in [7, 11) is 0. The highest BCUT2D eigenvalue weighted by Gasteiger charge is 2.22. The first-order valence-corrected chi connectivity index (χ1v) is 8.81. The van der Waals surface area contributed by atoms with Crippen LogP contribution in [0, 0.1) is 12.8 Å². The fourth-order valence-corrected chi connectivity index (χ4v) is 2.78. The van der Waals surface area contributed by atoms with Crippen molar-refractivity contribution >= 4 is 0 Å². The van der Waals surface area contributed by atoms with Crippen molar-refractivity contribution in [3.63, 3.8) is 0 Å². The molecule has 0 bridgehead atoms. The Morgan fingerprint density at radius 2 is 2.04 bits per heavy atom. The Balaban J connectivity index is 1.64. The van der Waals surface area contributed by atoms with Gasteiger partial charge in [-0.15, -0.1) is 0 Å². The highest BCUT2D eigenvalue weighted by Crippen LogP contribution is 2.31. The van der Waals surface area contributed by atoms with E-state index in [2.05, 4.69) is 49.5 Å². The summed E-state index contributed by atoms with van der Waals surface area (Å²) in [5.41, 5.74) is 4.57. The monoisotopic (exact) mass is 325 g/mol. The van der Waals surface area contributed by atoms with Gasteiger partial charge >= 0.3 is 0 Å². The van der Waals surface area contributed by atoms with Crippen LogP contribution in [0.5, 0.6) is 5.75 Å². The maximum atomic E-state index is 9.29. The molecule has 3 rings (SSSR count). The van der Waals surface area contributed by atoms with E-state index >= 15 is 0 Å². The molecule has 1 fully saturated rings. The van der Waals surface area contributed by atoms with Crippen molar-refractivity contribution in [3.8, 4) is 5.75 Å². The Kier molecular flexibility index (Phi) is 5.54. The number of hydrogen-bond acceptors (Lipinski definition) is 3. The number of nitrogens with one attached hydrogen (secondary N) is 1. The van der Waals surface area contributed by atoms with Crippen LogP contribution < -0.4 is 10.1 Å². The minimum absolute atomic E-state index is 0.0810. The second kappa shape index (κ2) is 7.82. The molecular weight excluding hydrogens is 298 g/mol. The van der Waals surface area contributed by atoms with Gasteiger partial charge in [-0.3, -0.25) is 0 Å². The SMILES string of the molecule is Cc1ccc(CNC(C)c2cccc(CO)c2)c(OCC2CC2)c1. The Labute approximate surface area is 144 Å². The summed E-state index contributed by atoms with van der Waals surface area (Å²) in [5, 5.41) is 12.9. The summed E-state index contributed by atoms with van der Waals surface area (Å²) in [5.74, 6) is 1.76. The molecule has 0 saturated heterocycles. The van der Waals surface area contributed by atoms with Crippen LogP contribution in [0.4, 0.5) is 0 Å². The van der Waals surface area contributed by atoms with Crippen LogP contribution in [-0.2, 0) is 13.2 Å². The van der Waals surface area contributed by atoms with Gasteiger partial charge in [0.05, 0.1) is 13.2 Å². The molecule has 2 N–H and O–H groups in total. The number of aliphatic hydroxyl groups is 1. The maximum Gasteiger partial charge on any atom is 0.124 e. The number of aryl methyl sites for hydroxylation is 1. The van der Waals surface area contributed by atoms with Crippen LogP contribution in [0.15, 0.2) is 42.5 Å². The van der Waals surface area contributed by atoms with E-state index in [4.69, 9.17) is 4.74 Å². The first-order valence-electron chi connectivity index (χ1n) is 8.81. The highest BCUT2D eigenvalue weighted by atomic mass is 16.5. The van der Waals surface area contributed by atoms with Crippen molar-refractivity contribution in [2.45, 2.75) is 45.9 Å². The summed E-state index contributed by atoms with van der Waals surface area (Å²) in [6, 6.07) is 14.7. The van der Waals surface area contributed by atoms with Gasteiger partial charge in [0, 0.05) is 18.2 Å². The molecule has 0 amide bonds. The van der Waals surface area contributed by atoms with E-state index in [0.29, 0.717) is 0 Å². The average Bonchev–Trinajstić information content (AvgIpc) is 3.43. The first-order chi connectivity index (χ1) is 11.7. The van der Waals surface area contributed by atoms with Gasteiger partial charge in [-0.2, -0.15) is 0 Å². The van der Waals surface area contributed by atoms with E-state index < -0.39 is 0 Å². The number of benzene rings is 2. The minimum atomic E-state index is 0.0810. The topological polar surface area (TPSA) is 41.5 Å². The van der Waals surface area contributed by atoms with E-state index in [1.165, 1.54) is 29.5 Å². The van der Waals surface area contributed by atoms with E-state index in [0.717, 1.165) is 30.4 Å². The summed E-state index contributed by atoms with van der Waals surface area (Å²) in [4.78, 5) is 0. The minimum Gasteiger partial charge on any atom is -0.493 e. The van der Waals surface area contributed by atoms with Crippen molar-refractivity contribution in [2.75, 3.05) is 6.61 Å². The molecule has 24 heavy (non-hydrogen) atoms. The summed E-state index contributed by atoms with van der Waals surface area (Å²) in [6.45, 7) is 5.94. The number of rotatable bonds is 8. The van der Waals surface area contributed by atoms with Crippen molar-refractivity contribution < 1.29 is 9.84 Å². The molecule has 3 heteroatoms. The molecule has 1 aliphatic rings. The second-order valence-electron chi connectivity index (χ2n) is 6.87. The number of aliphatic hydroxyl groups excluding tert-OH is 1. The van der Waals surface area contributed by atoms with E-state index in [-0.39, 0.29) is 12.6 Å². The van der Waals surface area contributed by atoms with Gasteiger partial charge in [0.2, 0.25) is 0 Å². The summed E-state index contributed by atoms with van der Waals surface area (Å²) >= 11 is 0. The summed E-state index contributed by atoms with van der Waals surface area (Å²) in [6.07, 6.45) is 2.61. The van der Waals surface area contributed by atoms with Crippen LogP contribution in [0.3, 0.4) is 0 Å². The average molecular weight is 325 g/mol. The molecule has 1 aliphatic carbocycles. The third-order valence-electron chi connectivity index (χ3n) is 4.63. The lowest BCUT2D eigenvalue weighted by Crippen LogP contribution is -2.19. The lowest BCUT2D eigenvalue weighted by Gasteiger charge is -2.17. The van der Waals surface area contributed by atoms with Crippen LogP contribution >= 0.6 is 0 Å². The van der Waals surface area contributed by atoms with Gasteiger partial charge in [-0.1, -0.05) is 36.4 Å². The van der Waals surface area contributed by atoms with Gasteiger partial charge in [-0.25, -0.2) is 0 Å². The molecule has 1 unspecified atom stereocenters. The summed E-state index contributed by atoms with van der Waals surface area (Å²) < 4.78 is 6.04. The Bertz CT molecular complexity index is 679. The smallest absolute Gasteiger partial charge is 0.124 e. The normalized spacial score (nSPS) is 15.3. The Morgan fingerprint density at radius 1 is 1.21 bits per heavy atom. The van der Waals surface area contributed by atoms with Crippen LogP contribution in [0.25, 0.3) is 0 Å². The fourth-order valence-electron chi connectivity index (χ4n) is 2.78. The van der Waals surface area contributed by atoms with E-state index in [1.54, 1.807) is 0 Å². The van der Waals surface area contributed by atoms with Gasteiger partial charge in [0.1, 0.15) is 5.75 Å². The largest absolute Gasteiger partial charge is 0.493 e. The molecule has 0 spiro atoms. The van der Waals surface area contributed by atoms with Crippen molar-refractivity contribution in [3.05, 3.63) is 64.7 Å². The number of ether oxygens (including phenoxy) is 1. The maximum absolute atomic E-state index is 9.29. The van der Waals surface area contributed by atoms with Crippen molar-refractivity contribution in [1.29, 1.82) is 0 Å². The number of hydrogen-bond donors (Lipinski definition) is 2. The predicted molar refractivity (Wildman–Crippen MR) is 97.0 cm³/mol. The molecule has 3 nitrogen and oxygen atoms in total.